The molecule has 11 heteroatoms. The van der Waals surface area contributed by atoms with E-state index in [1.54, 1.807) is 35.1 Å². The number of halogens is 3. The topological polar surface area (TPSA) is 64.8 Å². The van der Waals surface area contributed by atoms with Crippen LogP contribution in [0.3, 0.4) is 0 Å². The second-order valence-electron chi connectivity index (χ2n) is 10.3. The molecule has 4 aromatic rings. The lowest BCUT2D eigenvalue weighted by molar-refractivity contribution is -0.138. The van der Waals surface area contributed by atoms with Crippen LogP contribution in [0, 0.1) is 18.8 Å². The predicted molar refractivity (Wildman–Crippen MR) is 154 cm³/mol. The smallest absolute Gasteiger partial charge is 0.361 e. The Bertz CT molecular complexity index is 1590. The zero-order valence-corrected chi connectivity index (χ0v) is 23.6. The first kappa shape index (κ1) is 28.4. The minimum atomic E-state index is -4.47. The fraction of sp³-hybridized carbons (Fsp3) is 0.367. The normalized spacial score (nSPS) is 14.6. The minimum absolute atomic E-state index is 0.267. The maximum atomic E-state index is 14.1. The predicted octanol–water partition coefficient (Wildman–Crippen LogP) is 4.80. The van der Waals surface area contributed by atoms with Gasteiger partial charge in [0, 0.05) is 64.3 Å². The van der Waals surface area contributed by atoms with Gasteiger partial charge in [-0.1, -0.05) is 18.9 Å². The van der Waals surface area contributed by atoms with E-state index in [2.05, 4.69) is 48.9 Å². The van der Waals surface area contributed by atoms with E-state index in [0.717, 1.165) is 50.2 Å². The number of hydrogen-bond acceptors (Lipinski definition) is 7. The summed E-state index contributed by atoms with van der Waals surface area (Å²) in [4.78, 5) is 15.0. The maximum Gasteiger partial charge on any atom is 0.416 e. The molecular formula is C30H33F3N8. The molecule has 0 atom stereocenters. The summed E-state index contributed by atoms with van der Waals surface area (Å²) in [6, 6.07) is 9.89. The molecular weight excluding hydrogens is 529 g/mol. The molecule has 0 spiro atoms. The number of anilines is 3. The number of piperazine rings is 1. The average molecular weight is 563 g/mol. The van der Waals surface area contributed by atoms with Crippen LogP contribution in [0.15, 0.2) is 48.8 Å². The first-order valence-electron chi connectivity index (χ1n) is 13.5. The van der Waals surface area contributed by atoms with E-state index < -0.39 is 11.7 Å². The van der Waals surface area contributed by atoms with Crippen molar-refractivity contribution in [2.75, 3.05) is 57.0 Å². The summed E-state index contributed by atoms with van der Waals surface area (Å²) in [5.74, 6) is 7.44. The summed E-state index contributed by atoms with van der Waals surface area (Å²) < 4.78 is 43.9. The van der Waals surface area contributed by atoms with Crippen molar-refractivity contribution in [3.05, 3.63) is 76.7 Å². The van der Waals surface area contributed by atoms with Gasteiger partial charge in [-0.05, 0) is 60.8 Å². The number of nitrogens with one attached hydrogen (secondary N) is 1. The molecule has 0 aliphatic carbocycles. The van der Waals surface area contributed by atoms with Crippen molar-refractivity contribution >= 4 is 23.0 Å². The number of benzene rings is 1. The van der Waals surface area contributed by atoms with E-state index in [4.69, 9.17) is 0 Å². The average Bonchev–Trinajstić information content (AvgIpc) is 3.36. The van der Waals surface area contributed by atoms with E-state index >= 15 is 0 Å². The molecule has 4 heterocycles. The van der Waals surface area contributed by atoms with Gasteiger partial charge in [0.1, 0.15) is 17.3 Å². The Morgan fingerprint density at radius 1 is 0.951 bits per heavy atom. The summed E-state index contributed by atoms with van der Waals surface area (Å²) in [5, 5.41) is 7.61. The Morgan fingerprint density at radius 3 is 2.41 bits per heavy atom. The summed E-state index contributed by atoms with van der Waals surface area (Å²) in [6.45, 7) is 8.45. The molecule has 1 fully saturated rings. The minimum Gasteiger partial charge on any atom is -0.361 e. The van der Waals surface area contributed by atoms with Crippen molar-refractivity contribution in [3.63, 3.8) is 0 Å². The first-order chi connectivity index (χ1) is 19.6. The molecule has 0 unspecified atom stereocenters. The van der Waals surface area contributed by atoms with Crippen LogP contribution in [0.5, 0.6) is 0 Å². The van der Waals surface area contributed by atoms with Crippen LogP contribution < -0.4 is 10.2 Å². The highest BCUT2D eigenvalue weighted by atomic mass is 19.4. The Kier molecular flexibility index (Phi) is 8.15. The molecule has 1 aromatic carbocycles. The van der Waals surface area contributed by atoms with E-state index in [1.165, 1.54) is 0 Å². The molecule has 1 saturated heterocycles. The zero-order chi connectivity index (χ0) is 29.1. The monoisotopic (exact) mass is 562 g/mol. The van der Waals surface area contributed by atoms with E-state index in [-0.39, 0.29) is 12.1 Å². The van der Waals surface area contributed by atoms with Gasteiger partial charge in [-0.3, -0.25) is 4.90 Å². The van der Waals surface area contributed by atoms with Crippen molar-refractivity contribution in [1.82, 2.24) is 29.4 Å². The maximum absolute atomic E-state index is 14.1. The van der Waals surface area contributed by atoms with Crippen molar-refractivity contribution in [2.24, 2.45) is 0 Å². The zero-order valence-electron chi connectivity index (χ0n) is 23.6. The van der Waals surface area contributed by atoms with Gasteiger partial charge in [-0.25, -0.2) is 14.5 Å². The van der Waals surface area contributed by atoms with Crippen molar-refractivity contribution in [1.29, 1.82) is 0 Å². The van der Waals surface area contributed by atoms with E-state index in [1.807, 2.05) is 38.1 Å². The fourth-order valence-corrected chi connectivity index (χ4v) is 4.75. The number of fused-ring (bicyclic) bond motifs is 1. The van der Waals surface area contributed by atoms with Crippen LogP contribution in [-0.4, -0.2) is 76.2 Å². The van der Waals surface area contributed by atoms with Crippen LogP contribution in [0.4, 0.5) is 30.5 Å². The second kappa shape index (κ2) is 11.8. The summed E-state index contributed by atoms with van der Waals surface area (Å²) in [5.41, 5.74) is 2.79. The Hall–Kier alpha value is -4.14. The second-order valence-corrected chi connectivity index (χ2v) is 10.3. The summed E-state index contributed by atoms with van der Waals surface area (Å²) >= 11 is 0. The number of pyridine rings is 1. The molecule has 5 rings (SSSR count). The summed E-state index contributed by atoms with van der Waals surface area (Å²) in [6.07, 6.45) is -1.16. The Balaban J connectivity index is 1.37. The quantitative estimate of drug-likeness (QED) is 0.339. The molecule has 1 aliphatic rings. The molecule has 1 N–H and O–H groups in total. The molecule has 3 aromatic heterocycles. The Morgan fingerprint density at radius 2 is 1.71 bits per heavy atom. The summed E-state index contributed by atoms with van der Waals surface area (Å²) in [7, 11) is 3.82. The van der Waals surface area contributed by atoms with Gasteiger partial charge in [0.2, 0.25) is 0 Å². The highest BCUT2D eigenvalue weighted by Crippen LogP contribution is 2.35. The van der Waals surface area contributed by atoms with Gasteiger partial charge in [0.15, 0.2) is 5.65 Å². The van der Waals surface area contributed by atoms with Crippen molar-refractivity contribution < 1.29 is 13.2 Å². The van der Waals surface area contributed by atoms with Crippen LogP contribution in [0.1, 0.15) is 34.9 Å². The molecule has 0 bridgehead atoms. The third-order valence-corrected chi connectivity index (χ3v) is 7.23. The number of aryl methyl sites for hydroxylation is 1. The van der Waals surface area contributed by atoms with Crippen LogP contribution in [0.2, 0.25) is 0 Å². The lowest BCUT2D eigenvalue weighted by Crippen LogP contribution is -2.45. The number of hydrogen-bond donors (Lipinski definition) is 1. The largest absolute Gasteiger partial charge is 0.416 e. The van der Waals surface area contributed by atoms with Crippen molar-refractivity contribution in [3.8, 4) is 11.8 Å². The number of alkyl halides is 3. The van der Waals surface area contributed by atoms with Gasteiger partial charge in [-0.15, -0.1) is 5.10 Å². The number of rotatable bonds is 6. The number of aromatic nitrogens is 4. The van der Waals surface area contributed by atoms with Crippen LogP contribution >= 0.6 is 0 Å². The molecule has 8 nitrogen and oxygen atoms in total. The molecule has 0 radical (unpaired) electrons. The molecule has 0 amide bonds. The highest BCUT2D eigenvalue weighted by Gasteiger charge is 2.34. The van der Waals surface area contributed by atoms with E-state index in [9.17, 15) is 13.2 Å². The van der Waals surface area contributed by atoms with Gasteiger partial charge < -0.3 is 15.1 Å². The molecule has 41 heavy (non-hydrogen) atoms. The Labute approximate surface area is 237 Å². The SMILES string of the molecule is CCN1CCN(Cc2ccc(Nc3cc(C#Cc4cnc5ccc(N(C)C)nn45)c(C)cn3)cc2C(F)(F)F)CC1. The number of likely N-dealkylation sites (N-methyl/N-ethyl adjacent to an activating group) is 1. The third kappa shape index (κ3) is 6.61. The van der Waals surface area contributed by atoms with Gasteiger partial charge in [0.25, 0.3) is 0 Å². The van der Waals surface area contributed by atoms with Crippen molar-refractivity contribution in [2.45, 2.75) is 26.6 Å². The molecule has 0 saturated carbocycles. The molecule has 1 aliphatic heterocycles. The third-order valence-electron chi connectivity index (χ3n) is 7.23. The highest BCUT2D eigenvalue weighted by molar-refractivity contribution is 5.61. The number of imidazole rings is 1. The molecule has 214 valence electrons. The first-order valence-corrected chi connectivity index (χ1v) is 13.5. The van der Waals surface area contributed by atoms with Gasteiger partial charge >= 0.3 is 6.18 Å². The van der Waals surface area contributed by atoms with Crippen LogP contribution in [0.25, 0.3) is 5.65 Å². The standard InChI is InChI=1S/C30H33F3N8/c1-5-39-12-14-40(15-13-39)20-23-6-8-24(17-26(23)30(31,32)33)36-27-16-22(21(2)18-34-27)7-9-25-19-35-28-10-11-29(38(3)4)37-41(25)28/h6,8,10-11,16-19H,5,12-15,20H2,1-4H3,(H,34,36). The number of nitrogens with zero attached hydrogens (tertiary/aromatic N) is 7. The van der Waals surface area contributed by atoms with Gasteiger partial charge in [-0.2, -0.15) is 13.2 Å². The fourth-order valence-electron chi connectivity index (χ4n) is 4.75. The van der Waals surface area contributed by atoms with Gasteiger partial charge in [0.05, 0.1) is 11.8 Å². The van der Waals surface area contributed by atoms with Crippen LogP contribution in [-0.2, 0) is 12.7 Å². The lowest BCUT2D eigenvalue weighted by Gasteiger charge is -2.34. The lowest BCUT2D eigenvalue weighted by atomic mass is 10.0. The van der Waals surface area contributed by atoms with E-state index in [0.29, 0.717) is 28.4 Å².